The molecule has 1 aliphatic heterocycles. The van der Waals surface area contributed by atoms with E-state index < -0.39 is 11.9 Å². The average molecular weight is 418 g/mol. The normalized spacial score (nSPS) is 15.8. The van der Waals surface area contributed by atoms with E-state index >= 15 is 0 Å². The monoisotopic (exact) mass is 417 g/mol. The Morgan fingerprint density at radius 2 is 1.83 bits per heavy atom. The fourth-order valence-corrected chi connectivity index (χ4v) is 3.59. The summed E-state index contributed by atoms with van der Waals surface area (Å²) in [5.41, 5.74) is 2.26. The van der Waals surface area contributed by atoms with E-state index in [2.05, 4.69) is 5.32 Å². The van der Waals surface area contributed by atoms with Crippen LogP contribution in [-0.2, 0) is 16.0 Å². The molecule has 5 nitrogen and oxygen atoms in total. The highest BCUT2D eigenvalue weighted by Gasteiger charge is 2.28. The maximum absolute atomic E-state index is 13.9. The lowest BCUT2D eigenvalue weighted by Crippen LogP contribution is -2.54. The van der Waals surface area contributed by atoms with Crippen LogP contribution in [0.15, 0.2) is 42.5 Å². The van der Waals surface area contributed by atoms with Crippen LogP contribution in [-0.4, -0.2) is 53.8 Å². The lowest BCUT2D eigenvalue weighted by molar-refractivity contribution is -0.133. The minimum atomic E-state index is -0.565. The van der Waals surface area contributed by atoms with Gasteiger partial charge < -0.3 is 10.2 Å². The Hall–Kier alpha value is -2.44. The standard InChI is InChI=1S/C22H25ClFN3O2/c1-15-5-3-4-6-17(15)13-21(28)27-11-9-26(10-12-27)16(2)22(29)25-20-8-7-18(23)14-19(20)24/h3-8,14,16H,9-13H2,1-2H3,(H,25,29). The van der Waals surface area contributed by atoms with Gasteiger partial charge in [-0.3, -0.25) is 14.5 Å². The van der Waals surface area contributed by atoms with Crippen molar-refractivity contribution >= 4 is 29.1 Å². The Kier molecular flexibility index (Phi) is 6.87. The maximum Gasteiger partial charge on any atom is 0.241 e. The zero-order chi connectivity index (χ0) is 21.0. The number of amides is 2. The summed E-state index contributed by atoms with van der Waals surface area (Å²) in [5.74, 6) is -0.755. The van der Waals surface area contributed by atoms with Gasteiger partial charge in [0.05, 0.1) is 18.2 Å². The second-order valence-electron chi connectivity index (χ2n) is 7.31. The molecule has 2 aromatic carbocycles. The second-order valence-corrected chi connectivity index (χ2v) is 7.75. The van der Waals surface area contributed by atoms with Gasteiger partial charge in [0.1, 0.15) is 5.82 Å². The van der Waals surface area contributed by atoms with Gasteiger partial charge in [-0.05, 0) is 43.2 Å². The van der Waals surface area contributed by atoms with Crippen molar-refractivity contribution in [1.82, 2.24) is 9.80 Å². The van der Waals surface area contributed by atoms with E-state index in [1.54, 1.807) is 6.92 Å². The molecule has 0 saturated carbocycles. The van der Waals surface area contributed by atoms with Gasteiger partial charge >= 0.3 is 0 Å². The van der Waals surface area contributed by atoms with Gasteiger partial charge in [0, 0.05) is 31.2 Å². The molecule has 2 amide bonds. The third-order valence-electron chi connectivity index (χ3n) is 5.39. The molecule has 1 atom stereocenters. The Bertz CT molecular complexity index is 897. The largest absolute Gasteiger partial charge is 0.340 e. The summed E-state index contributed by atoms with van der Waals surface area (Å²) < 4.78 is 13.9. The summed E-state index contributed by atoms with van der Waals surface area (Å²) in [5, 5.41) is 2.89. The second kappa shape index (κ2) is 9.37. The number of carbonyl (C=O) groups excluding carboxylic acids is 2. The first-order chi connectivity index (χ1) is 13.8. The van der Waals surface area contributed by atoms with E-state index in [4.69, 9.17) is 11.6 Å². The SMILES string of the molecule is Cc1ccccc1CC(=O)N1CCN(C(C)C(=O)Nc2ccc(Cl)cc2F)CC1. The molecular weight excluding hydrogens is 393 g/mol. The lowest BCUT2D eigenvalue weighted by Gasteiger charge is -2.37. The molecule has 7 heteroatoms. The summed E-state index contributed by atoms with van der Waals surface area (Å²) in [7, 11) is 0. The van der Waals surface area contributed by atoms with Crippen LogP contribution in [0.3, 0.4) is 0 Å². The number of aryl methyl sites for hydroxylation is 1. The zero-order valence-electron chi connectivity index (χ0n) is 16.6. The van der Waals surface area contributed by atoms with E-state index in [0.717, 1.165) is 11.1 Å². The van der Waals surface area contributed by atoms with E-state index in [1.165, 1.54) is 18.2 Å². The molecule has 1 fully saturated rings. The molecule has 1 N–H and O–H groups in total. The number of anilines is 1. The predicted molar refractivity (Wildman–Crippen MR) is 113 cm³/mol. The molecule has 1 aliphatic rings. The van der Waals surface area contributed by atoms with Crippen molar-refractivity contribution in [2.45, 2.75) is 26.3 Å². The van der Waals surface area contributed by atoms with Gasteiger partial charge in [-0.15, -0.1) is 0 Å². The van der Waals surface area contributed by atoms with Crippen LogP contribution in [0.5, 0.6) is 0 Å². The first-order valence-corrected chi connectivity index (χ1v) is 10.0. The number of nitrogens with one attached hydrogen (secondary N) is 1. The highest BCUT2D eigenvalue weighted by molar-refractivity contribution is 6.30. The van der Waals surface area contributed by atoms with E-state index in [-0.39, 0.29) is 22.5 Å². The smallest absolute Gasteiger partial charge is 0.241 e. The van der Waals surface area contributed by atoms with E-state index in [0.29, 0.717) is 32.6 Å². The number of carbonyl (C=O) groups is 2. The Labute approximate surface area is 175 Å². The Balaban J connectivity index is 1.52. The lowest BCUT2D eigenvalue weighted by atomic mass is 10.0. The van der Waals surface area contributed by atoms with Crippen LogP contribution in [0, 0.1) is 12.7 Å². The third kappa shape index (κ3) is 5.34. The van der Waals surface area contributed by atoms with Crippen molar-refractivity contribution in [1.29, 1.82) is 0 Å². The van der Waals surface area contributed by atoms with Crippen molar-refractivity contribution in [3.8, 4) is 0 Å². The van der Waals surface area contributed by atoms with Crippen molar-refractivity contribution in [3.05, 3.63) is 64.4 Å². The molecule has 1 unspecified atom stereocenters. The number of hydrogen-bond donors (Lipinski definition) is 1. The first kappa shape index (κ1) is 21.3. The van der Waals surface area contributed by atoms with Gasteiger partial charge in [-0.25, -0.2) is 4.39 Å². The number of rotatable bonds is 5. The molecule has 0 radical (unpaired) electrons. The number of nitrogens with zero attached hydrogens (tertiary/aromatic N) is 2. The predicted octanol–water partition coefficient (Wildman–Crippen LogP) is 3.50. The van der Waals surface area contributed by atoms with Crippen LogP contribution >= 0.6 is 11.6 Å². The van der Waals surface area contributed by atoms with Crippen LogP contribution < -0.4 is 5.32 Å². The van der Waals surface area contributed by atoms with Crippen molar-refractivity contribution in [2.24, 2.45) is 0 Å². The molecular formula is C22H25ClFN3O2. The Morgan fingerprint density at radius 1 is 1.14 bits per heavy atom. The summed E-state index contributed by atoms with van der Waals surface area (Å²) >= 11 is 5.74. The summed E-state index contributed by atoms with van der Waals surface area (Å²) in [6.07, 6.45) is 0.387. The van der Waals surface area contributed by atoms with Gasteiger partial charge in [0.25, 0.3) is 0 Å². The van der Waals surface area contributed by atoms with E-state index in [1.807, 2.05) is 41.0 Å². The summed E-state index contributed by atoms with van der Waals surface area (Å²) in [4.78, 5) is 29.0. The molecule has 2 aromatic rings. The minimum Gasteiger partial charge on any atom is -0.340 e. The fourth-order valence-electron chi connectivity index (χ4n) is 3.44. The molecule has 0 bridgehead atoms. The molecule has 0 aliphatic carbocycles. The fraction of sp³-hybridized carbons (Fsp3) is 0.364. The minimum absolute atomic E-state index is 0.0966. The number of benzene rings is 2. The van der Waals surface area contributed by atoms with Crippen molar-refractivity contribution < 1.29 is 14.0 Å². The molecule has 1 saturated heterocycles. The number of hydrogen-bond acceptors (Lipinski definition) is 3. The first-order valence-electron chi connectivity index (χ1n) is 9.67. The molecule has 1 heterocycles. The van der Waals surface area contributed by atoms with Crippen LogP contribution in [0.1, 0.15) is 18.1 Å². The third-order valence-corrected chi connectivity index (χ3v) is 5.62. The highest BCUT2D eigenvalue weighted by Crippen LogP contribution is 2.20. The van der Waals surface area contributed by atoms with Crippen molar-refractivity contribution in [2.75, 3.05) is 31.5 Å². The van der Waals surface area contributed by atoms with Crippen LogP contribution in [0.25, 0.3) is 0 Å². The van der Waals surface area contributed by atoms with Crippen LogP contribution in [0.4, 0.5) is 10.1 Å². The molecule has 3 rings (SSSR count). The van der Waals surface area contributed by atoms with Gasteiger partial charge in [0.2, 0.25) is 11.8 Å². The summed E-state index contributed by atoms with van der Waals surface area (Å²) in [6, 6.07) is 11.6. The number of piperazine rings is 1. The molecule has 29 heavy (non-hydrogen) atoms. The Morgan fingerprint density at radius 3 is 2.48 bits per heavy atom. The van der Waals surface area contributed by atoms with Gasteiger partial charge in [-0.2, -0.15) is 0 Å². The molecule has 154 valence electrons. The topological polar surface area (TPSA) is 52.7 Å². The summed E-state index contributed by atoms with van der Waals surface area (Å²) in [6.45, 7) is 6.11. The van der Waals surface area contributed by atoms with Gasteiger partial charge in [0.15, 0.2) is 0 Å². The zero-order valence-corrected chi connectivity index (χ0v) is 17.4. The van der Waals surface area contributed by atoms with E-state index in [9.17, 15) is 14.0 Å². The van der Waals surface area contributed by atoms with Crippen LogP contribution in [0.2, 0.25) is 5.02 Å². The number of halogens is 2. The van der Waals surface area contributed by atoms with Gasteiger partial charge in [-0.1, -0.05) is 35.9 Å². The van der Waals surface area contributed by atoms with Crippen molar-refractivity contribution in [3.63, 3.8) is 0 Å². The average Bonchev–Trinajstić information content (AvgIpc) is 2.71. The molecule has 0 aromatic heterocycles. The maximum atomic E-state index is 13.9. The quantitative estimate of drug-likeness (QED) is 0.810. The molecule has 0 spiro atoms. The highest BCUT2D eigenvalue weighted by atomic mass is 35.5.